The fraction of sp³-hybridized carbons (Fsp3) is 0.455. The van der Waals surface area contributed by atoms with E-state index in [4.69, 9.17) is 9.26 Å². The molecule has 1 heterocycles. The van der Waals surface area contributed by atoms with Gasteiger partial charge in [-0.2, -0.15) is 9.65 Å². The first-order valence-electron chi connectivity index (χ1n) is 10.6. The molecule has 0 aliphatic heterocycles. The smallest absolute Gasteiger partial charge is 0.506 e. The maximum atomic E-state index is 13.6. The Bertz CT molecular complexity index is 964. The van der Waals surface area contributed by atoms with E-state index in [-0.39, 0.29) is 24.0 Å². The summed E-state index contributed by atoms with van der Waals surface area (Å²) in [5.41, 5.74) is 1.01. The van der Waals surface area contributed by atoms with E-state index in [2.05, 4.69) is 14.6 Å². The maximum Gasteiger partial charge on any atom is 0.615 e. The van der Waals surface area contributed by atoms with Crippen molar-refractivity contribution in [2.75, 3.05) is 0 Å². The zero-order valence-electron chi connectivity index (χ0n) is 18.2. The average Bonchev–Trinajstić information content (AvgIpc) is 3.28. The van der Waals surface area contributed by atoms with E-state index in [1.54, 1.807) is 44.2 Å². The molecular formula is C22H30N2O7P+. The number of nitrogens with zero attached hydrogens (tertiary/aromatic N) is 1. The summed E-state index contributed by atoms with van der Waals surface area (Å²) in [6.45, 7) is 2.57. The van der Waals surface area contributed by atoms with Crippen molar-refractivity contribution < 1.29 is 33.4 Å². The number of aryl methyl sites for hydroxylation is 1. The van der Waals surface area contributed by atoms with Crippen LogP contribution in [0.1, 0.15) is 49.4 Å². The van der Waals surface area contributed by atoms with Crippen molar-refractivity contribution >= 4 is 13.7 Å². The predicted octanol–water partition coefficient (Wildman–Crippen LogP) is 3.27. The number of hydrogen-bond acceptors (Lipinski definition) is 7. The topological polar surface area (TPSA) is 131 Å². The number of para-hydroxylation sites is 1. The van der Waals surface area contributed by atoms with Crippen molar-refractivity contribution in [2.45, 2.75) is 64.9 Å². The highest BCUT2D eigenvalue weighted by Crippen LogP contribution is 2.44. The molecule has 4 N–H and O–H groups in total. The Hall–Kier alpha value is -2.45. The van der Waals surface area contributed by atoms with E-state index in [1.165, 1.54) is 6.20 Å². The lowest BCUT2D eigenvalue weighted by molar-refractivity contribution is -0.150. The average molecular weight is 465 g/mol. The molecule has 1 unspecified atom stereocenters. The summed E-state index contributed by atoms with van der Waals surface area (Å²) in [4.78, 5) is 16.6. The predicted molar refractivity (Wildman–Crippen MR) is 118 cm³/mol. The fourth-order valence-corrected chi connectivity index (χ4v) is 4.99. The monoisotopic (exact) mass is 465 g/mol. The number of aromatic hydroxyl groups is 1. The molecule has 1 aliphatic rings. The fourth-order valence-electron chi connectivity index (χ4n) is 3.46. The highest BCUT2D eigenvalue weighted by molar-refractivity contribution is 7.51. The Balaban J connectivity index is 1.76. The molecule has 1 aliphatic carbocycles. The number of nitrogens with one attached hydrogen (secondary N) is 1. The second-order valence-corrected chi connectivity index (χ2v) is 9.54. The van der Waals surface area contributed by atoms with Crippen LogP contribution in [0.15, 0.2) is 36.5 Å². The molecule has 10 heteroatoms. The second kappa shape index (κ2) is 10.9. The summed E-state index contributed by atoms with van der Waals surface area (Å²) in [6.07, 6.45) is 5.04. The van der Waals surface area contributed by atoms with Crippen molar-refractivity contribution in [3.8, 4) is 11.5 Å². The van der Waals surface area contributed by atoms with E-state index in [0.717, 1.165) is 25.7 Å². The zero-order valence-corrected chi connectivity index (χ0v) is 19.1. The van der Waals surface area contributed by atoms with Crippen molar-refractivity contribution in [1.82, 2.24) is 10.1 Å². The molecule has 2 aromatic rings. The van der Waals surface area contributed by atoms with E-state index in [0.29, 0.717) is 17.0 Å². The summed E-state index contributed by atoms with van der Waals surface area (Å²) in [5.74, 6) is -0.342. The number of carbonyl (C=O) groups is 1. The molecule has 3 rings (SSSR count). The number of esters is 1. The van der Waals surface area contributed by atoms with Gasteiger partial charge < -0.3 is 24.0 Å². The number of rotatable bonds is 10. The minimum atomic E-state index is -3.94. The van der Waals surface area contributed by atoms with Crippen LogP contribution < -0.4 is 9.61 Å². The van der Waals surface area contributed by atoms with Crippen LogP contribution >= 0.6 is 7.75 Å². The van der Waals surface area contributed by atoms with Crippen LogP contribution in [0.4, 0.5) is 0 Å². The molecule has 0 spiro atoms. The number of carbonyl (C=O) groups excluding carboxylic acids is 1. The molecule has 0 amide bonds. The maximum absolute atomic E-state index is 13.6. The van der Waals surface area contributed by atoms with Crippen molar-refractivity contribution in [2.24, 2.45) is 0 Å². The third-order valence-electron chi connectivity index (χ3n) is 5.28. The first-order chi connectivity index (χ1) is 15.3. The highest BCUT2D eigenvalue weighted by atomic mass is 31.2. The Morgan fingerprint density at radius 2 is 2.00 bits per heavy atom. The molecule has 1 fully saturated rings. The van der Waals surface area contributed by atoms with Gasteiger partial charge in [0.1, 0.15) is 23.6 Å². The van der Waals surface area contributed by atoms with Crippen molar-refractivity contribution in [3.05, 3.63) is 53.3 Å². The Morgan fingerprint density at radius 1 is 1.31 bits per heavy atom. The Morgan fingerprint density at radius 3 is 2.66 bits per heavy atom. The number of aliphatic hydroxyl groups is 2. The molecule has 2 atom stereocenters. The third-order valence-corrected chi connectivity index (χ3v) is 6.97. The third kappa shape index (κ3) is 6.29. The van der Waals surface area contributed by atoms with Gasteiger partial charge in [0.2, 0.25) is 0 Å². The van der Waals surface area contributed by atoms with E-state index >= 15 is 0 Å². The van der Waals surface area contributed by atoms with E-state index < -0.39 is 26.4 Å². The lowest BCUT2D eigenvalue weighted by Crippen LogP contribution is -2.37. The van der Waals surface area contributed by atoms with Gasteiger partial charge in [-0.25, -0.2) is 0 Å². The minimum absolute atomic E-state index is 0.119. The van der Waals surface area contributed by atoms with Crippen LogP contribution in [0.2, 0.25) is 0 Å². The number of hydrogen-bond donors (Lipinski definition) is 3. The molecule has 9 nitrogen and oxygen atoms in total. The molecule has 0 bridgehead atoms. The number of pyridine rings is 1. The van der Waals surface area contributed by atoms with Gasteiger partial charge in [-0.05, 0) is 51.7 Å². The van der Waals surface area contributed by atoms with E-state index in [1.807, 2.05) is 0 Å². The SMILES string of the molecule is Cc1ncc(C[OH+]P(=O)(N[C@@H](C)C(=O)OC2CCCC2)Oc2ccccc2)c(CO)c1O. The molecule has 0 radical (unpaired) electrons. The molecule has 1 aromatic heterocycles. The largest absolute Gasteiger partial charge is 0.615 e. The van der Waals surface area contributed by atoms with Gasteiger partial charge in [0.25, 0.3) is 0 Å². The van der Waals surface area contributed by atoms with Gasteiger partial charge in [0, 0.05) is 11.8 Å². The lowest BCUT2D eigenvalue weighted by atomic mass is 10.1. The van der Waals surface area contributed by atoms with Gasteiger partial charge in [0.05, 0.1) is 17.9 Å². The second-order valence-electron chi connectivity index (χ2n) is 7.77. The van der Waals surface area contributed by atoms with Crippen LogP contribution in [-0.2, 0) is 27.3 Å². The van der Waals surface area contributed by atoms with Crippen LogP contribution in [0, 0.1) is 6.92 Å². The van der Waals surface area contributed by atoms with Gasteiger partial charge in [0.15, 0.2) is 6.61 Å². The molecule has 1 aromatic carbocycles. The Labute approximate surface area is 187 Å². The van der Waals surface area contributed by atoms with Crippen molar-refractivity contribution in [1.29, 1.82) is 0 Å². The Kier molecular flexibility index (Phi) is 8.26. The highest BCUT2D eigenvalue weighted by Gasteiger charge is 2.39. The standard InChI is InChI=1S/C22H29N2O7P/c1-15-21(26)20(13-25)17(12-23-15)14-29-32(28,31-19-10-4-3-5-11-19)24-16(2)22(27)30-18-8-6-7-9-18/h3-5,10-12,16,18,25-26H,6-9,13-14H2,1-2H3,(H,24,28)/p+1/t16-,32?/m0/s1. The summed E-state index contributed by atoms with van der Waals surface area (Å²) >= 11 is 0. The van der Waals surface area contributed by atoms with Crippen LogP contribution in [0.25, 0.3) is 0 Å². The summed E-state index contributed by atoms with van der Waals surface area (Å²) in [5, 5.41) is 22.5. The lowest BCUT2D eigenvalue weighted by Gasteiger charge is -2.21. The van der Waals surface area contributed by atoms with Gasteiger partial charge in [-0.3, -0.25) is 9.78 Å². The summed E-state index contributed by atoms with van der Waals surface area (Å²) in [6, 6.07) is 7.58. The zero-order chi connectivity index (χ0) is 23.1. The van der Waals surface area contributed by atoms with Crippen LogP contribution in [0.5, 0.6) is 11.5 Å². The normalized spacial score (nSPS) is 17.0. The number of ether oxygens (including phenoxy) is 1. The molecular weight excluding hydrogens is 435 g/mol. The van der Waals surface area contributed by atoms with E-state index in [9.17, 15) is 19.6 Å². The first-order valence-corrected chi connectivity index (χ1v) is 12.2. The van der Waals surface area contributed by atoms with Gasteiger partial charge in [-0.1, -0.05) is 18.2 Å². The minimum Gasteiger partial charge on any atom is -0.506 e. The summed E-state index contributed by atoms with van der Waals surface area (Å²) < 4.78 is 29.0. The molecule has 0 saturated heterocycles. The quantitative estimate of drug-likeness (QED) is 0.277. The molecule has 32 heavy (non-hydrogen) atoms. The number of aromatic nitrogens is 1. The first kappa shape index (κ1) is 24.2. The van der Waals surface area contributed by atoms with Crippen LogP contribution in [0.3, 0.4) is 0 Å². The number of aliphatic hydroxyl groups excluding tert-OH is 1. The molecule has 174 valence electrons. The van der Waals surface area contributed by atoms with Crippen molar-refractivity contribution in [3.63, 3.8) is 0 Å². The van der Waals surface area contributed by atoms with Gasteiger partial charge >= 0.3 is 13.7 Å². The molecule has 1 saturated carbocycles. The number of benzene rings is 1. The van der Waals surface area contributed by atoms with Gasteiger partial charge in [-0.15, -0.1) is 0 Å². The van der Waals surface area contributed by atoms with Crippen LogP contribution in [-0.4, -0.2) is 37.8 Å². The summed E-state index contributed by atoms with van der Waals surface area (Å²) in [7, 11) is -3.94.